The summed E-state index contributed by atoms with van der Waals surface area (Å²) in [7, 11) is 0. The van der Waals surface area contributed by atoms with E-state index in [0.717, 1.165) is 25.9 Å². The molecule has 61 valence electrons. The van der Waals surface area contributed by atoms with E-state index in [9.17, 15) is 0 Å². The third kappa shape index (κ3) is 11.8. The first-order chi connectivity index (χ1) is 3.91. The molecule has 0 rings (SSSR count). The van der Waals surface area contributed by atoms with Crippen molar-refractivity contribution in [3.63, 3.8) is 0 Å². The van der Waals surface area contributed by atoms with Crippen LogP contribution in [0.3, 0.4) is 0 Å². The molecule has 0 fully saturated rings. The van der Waals surface area contributed by atoms with Crippen LogP contribution in [-0.4, -0.2) is 13.1 Å². The van der Waals surface area contributed by atoms with Crippen molar-refractivity contribution in [2.24, 2.45) is 11.5 Å². The van der Waals surface area contributed by atoms with Crippen LogP contribution in [0.1, 0.15) is 25.7 Å². The Morgan fingerprint density at radius 2 is 1.00 bits per heavy atom. The minimum Gasteiger partial charge on any atom is -0.330 e. The maximum atomic E-state index is 5.28. The van der Waals surface area contributed by atoms with Crippen molar-refractivity contribution in [2.75, 3.05) is 13.1 Å². The smallest absolute Gasteiger partial charge is 0 e. The summed E-state index contributed by atoms with van der Waals surface area (Å²) in [6.07, 6.45) is 4.79. The van der Waals surface area contributed by atoms with Crippen LogP contribution in [0, 0.1) is 0 Å². The van der Waals surface area contributed by atoms with Crippen LogP contribution in [0.15, 0.2) is 0 Å². The van der Waals surface area contributed by atoms with E-state index in [1.54, 1.807) is 0 Å². The summed E-state index contributed by atoms with van der Waals surface area (Å²) in [6, 6.07) is 0. The minimum absolute atomic E-state index is 0. The van der Waals surface area contributed by atoms with Gasteiger partial charge in [-0.05, 0) is 25.9 Å². The van der Waals surface area contributed by atoms with Crippen LogP contribution in [-0.2, 0) is 17.1 Å². The van der Waals surface area contributed by atoms with Crippen LogP contribution >= 0.6 is 0 Å². The van der Waals surface area contributed by atoms with Crippen LogP contribution in [0.5, 0.6) is 0 Å². The van der Waals surface area contributed by atoms with Gasteiger partial charge in [-0.3, -0.25) is 0 Å². The summed E-state index contributed by atoms with van der Waals surface area (Å²) >= 11 is 0. The van der Waals surface area contributed by atoms with Gasteiger partial charge >= 0.3 is 0 Å². The van der Waals surface area contributed by atoms with E-state index >= 15 is 0 Å². The Morgan fingerprint density at radius 3 is 1.22 bits per heavy atom. The zero-order valence-corrected chi connectivity index (χ0v) is 6.64. The Kier molecular flexibility index (Phi) is 15.2. The SMILES string of the molecule is NCCCCCCN.[Cu]. The van der Waals surface area contributed by atoms with Crippen molar-refractivity contribution in [1.82, 2.24) is 0 Å². The number of unbranched alkanes of at least 4 members (excludes halogenated alkanes) is 3. The average Bonchev–Trinajstić information content (AvgIpc) is 1.81. The van der Waals surface area contributed by atoms with Gasteiger partial charge in [-0.2, -0.15) is 0 Å². The summed E-state index contributed by atoms with van der Waals surface area (Å²) in [5.74, 6) is 0. The van der Waals surface area contributed by atoms with Crippen LogP contribution < -0.4 is 11.5 Å². The number of hydrogen-bond acceptors (Lipinski definition) is 2. The zero-order valence-electron chi connectivity index (χ0n) is 5.70. The second kappa shape index (κ2) is 11.3. The molecule has 0 bridgehead atoms. The predicted molar refractivity (Wildman–Crippen MR) is 36.6 cm³/mol. The molecule has 0 aromatic carbocycles. The van der Waals surface area contributed by atoms with Crippen molar-refractivity contribution >= 4 is 0 Å². The third-order valence-corrected chi connectivity index (χ3v) is 1.16. The van der Waals surface area contributed by atoms with E-state index < -0.39 is 0 Å². The Hall–Kier alpha value is 0.439. The molecular formula is C6H16CuN2. The molecule has 0 unspecified atom stereocenters. The van der Waals surface area contributed by atoms with Crippen LogP contribution in [0.2, 0.25) is 0 Å². The fourth-order valence-electron chi connectivity index (χ4n) is 0.642. The summed E-state index contributed by atoms with van der Waals surface area (Å²) in [6.45, 7) is 1.65. The van der Waals surface area contributed by atoms with Crippen LogP contribution in [0.4, 0.5) is 0 Å². The van der Waals surface area contributed by atoms with Gasteiger partial charge in [0.05, 0.1) is 0 Å². The van der Waals surface area contributed by atoms with Gasteiger partial charge in [-0.25, -0.2) is 0 Å². The second-order valence-electron chi connectivity index (χ2n) is 1.99. The van der Waals surface area contributed by atoms with E-state index in [1.165, 1.54) is 12.8 Å². The standard InChI is InChI=1S/C6H16N2.Cu/c7-5-3-1-2-4-6-8;/h1-8H2;. The van der Waals surface area contributed by atoms with Crippen molar-refractivity contribution in [1.29, 1.82) is 0 Å². The van der Waals surface area contributed by atoms with E-state index in [1.807, 2.05) is 0 Å². The number of rotatable bonds is 5. The van der Waals surface area contributed by atoms with E-state index in [-0.39, 0.29) is 17.1 Å². The summed E-state index contributed by atoms with van der Waals surface area (Å²) in [4.78, 5) is 0. The first kappa shape index (κ1) is 12.1. The molecule has 0 heterocycles. The molecule has 0 saturated heterocycles. The molecule has 9 heavy (non-hydrogen) atoms. The van der Waals surface area contributed by atoms with Gasteiger partial charge in [0, 0.05) is 17.1 Å². The van der Waals surface area contributed by atoms with E-state index in [4.69, 9.17) is 11.5 Å². The second-order valence-corrected chi connectivity index (χ2v) is 1.99. The van der Waals surface area contributed by atoms with Crippen molar-refractivity contribution in [3.8, 4) is 0 Å². The number of nitrogens with two attached hydrogens (primary N) is 2. The van der Waals surface area contributed by atoms with Crippen LogP contribution in [0.25, 0.3) is 0 Å². The first-order valence-corrected chi connectivity index (χ1v) is 3.32. The minimum atomic E-state index is 0. The Morgan fingerprint density at radius 1 is 0.667 bits per heavy atom. The fourth-order valence-corrected chi connectivity index (χ4v) is 0.642. The molecule has 0 spiro atoms. The topological polar surface area (TPSA) is 52.0 Å². The predicted octanol–water partition coefficient (Wildman–Crippen LogP) is 0.462. The molecule has 0 aliphatic carbocycles. The van der Waals surface area contributed by atoms with Gasteiger partial charge < -0.3 is 11.5 Å². The number of hydrogen-bond donors (Lipinski definition) is 2. The normalized spacial score (nSPS) is 8.67. The molecule has 2 nitrogen and oxygen atoms in total. The molecule has 0 amide bonds. The van der Waals surface area contributed by atoms with Crippen molar-refractivity contribution in [2.45, 2.75) is 25.7 Å². The van der Waals surface area contributed by atoms with Crippen molar-refractivity contribution < 1.29 is 17.1 Å². The zero-order chi connectivity index (χ0) is 6.24. The van der Waals surface area contributed by atoms with Gasteiger partial charge in [0.25, 0.3) is 0 Å². The largest absolute Gasteiger partial charge is 0.330 e. The molecule has 3 heteroatoms. The molecule has 1 radical (unpaired) electrons. The van der Waals surface area contributed by atoms with Gasteiger partial charge in [0.2, 0.25) is 0 Å². The maximum absolute atomic E-state index is 5.28. The van der Waals surface area contributed by atoms with Crippen molar-refractivity contribution in [3.05, 3.63) is 0 Å². The Balaban J connectivity index is 0. The quantitative estimate of drug-likeness (QED) is 0.476. The summed E-state index contributed by atoms with van der Waals surface area (Å²) in [5.41, 5.74) is 10.6. The molecule has 0 aliphatic heterocycles. The van der Waals surface area contributed by atoms with E-state index in [2.05, 4.69) is 0 Å². The first-order valence-electron chi connectivity index (χ1n) is 3.32. The third-order valence-electron chi connectivity index (χ3n) is 1.16. The fraction of sp³-hybridized carbons (Fsp3) is 1.00. The monoisotopic (exact) mass is 179 g/mol. The van der Waals surface area contributed by atoms with Gasteiger partial charge in [0.15, 0.2) is 0 Å². The molecule has 0 atom stereocenters. The van der Waals surface area contributed by atoms with Gasteiger partial charge in [-0.1, -0.05) is 12.8 Å². The molecule has 0 aromatic rings. The van der Waals surface area contributed by atoms with Gasteiger partial charge in [0.1, 0.15) is 0 Å². The summed E-state index contributed by atoms with van der Waals surface area (Å²) in [5, 5.41) is 0. The average molecular weight is 180 g/mol. The Bertz CT molecular complexity index is 36.0. The molecule has 4 N–H and O–H groups in total. The molecular weight excluding hydrogens is 164 g/mol. The van der Waals surface area contributed by atoms with Gasteiger partial charge in [-0.15, -0.1) is 0 Å². The molecule has 0 aromatic heterocycles. The summed E-state index contributed by atoms with van der Waals surface area (Å²) < 4.78 is 0. The molecule has 0 saturated carbocycles. The Labute approximate surface area is 67.8 Å². The van der Waals surface area contributed by atoms with E-state index in [0.29, 0.717) is 0 Å². The molecule has 0 aliphatic rings. The maximum Gasteiger partial charge on any atom is 0 e.